The van der Waals surface area contributed by atoms with Gasteiger partial charge in [0.15, 0.2) is 0 Å². The van der Waals surface area contributed by atoms with Gasteiger partial charge in [0.25, 0.3) is 0 Å². The topological polar surface area (TPSA) is 90.4 Å². The molecule has 0 aliphatic heterocycles. The van der Waals surface area contributed by atoms with E-state index >= 15 is 0 Å². The summed E-state index contributed by atoms with van der Waals surface area (Å²) in [5.41, 5.74) is 3.12. The molecule has 3 aromatic rings. The number of carbonyl (C=O) groups is 1. The number of hydrogen-bond donors (Lipinski definition) is 3. The van der Waals surface area contributed by atoms with E-state index in [1.807, 2.05) is 38.4 Å². The minimum atomic E-state index is -0.997. The van der Waals surface area contributed by atoms with Crippen molar-refractivity contribution in [3.8, 4) is 11.1 Å². The van der Waals surface area contributed by atoms with Crippen molar-refractivity contribution in [1.29, 1.82) is 0 Å². The molecule has 33 heavy (non-hydrogen) atoms. The van der Waals surface area contributed by atoms with Crippen LogP contribution in [0.15, 0.2) is 54.7 Å². The maximum absolute atomic E-state index is 10.9. The summed E-state index contributed by atoms with van der Waals surface area (Å²) in [5, 5.41) is 16.5. The number of aliphatic carboxylic acids is 1. The second kappa shape index (κ2) is 11.7. The van der Waals surface area contributed by atoms with Gasteiger partial charge in [-0.3, -0.25) is 0 Å². The molecule has 0 radical (unpaired) electrons. The van der Waals surface area contributed by atoms with E-state index in [2.05, 4.69) is 25.5 Å². The fraction of sp³-hybridized carbons (Fsp3) is 0.208. The Morgan fingerprint density at radius 2 is 1.91 bits per heavy atom. The first kappa shape index (κ1) is 24.5. The first-order chi connectivity index (χ1) is 15.8. The van der Waals surface area contributed by atoms with Gasteiger partial charge < -0.3 is 20.6 Å². The van der Waals surface area contributed by atoms with Gasteiger partial charge in [-0.15, -0.1) is 0 Å². The molecule has 0 atom stereocenters. The molecule has 0 fully saturated rings. The number of benzene rings is 2. The van der Waals surface area contributed by atoms with E-state index in [4.69, 9.17) is 28.3 Å². The molecule has 0 saturated carbocycles. The zero-order valence-corrected chi connectivity index (χ0v) is 19.9. The van der Waals surface area contributed by atoms with E-state index in [0.29, 0.717) is 27.5 Å². The molecule has 3 N–H and O–H groups in total. The molecule has 0 unspecified atom stereocenters. The fourth-order valence-corrected chi connectivity index (χ4v) is 3.65. The van der Waals surface area contributed by atoms with Crippen LogP contribution < -0.4 is 10.6 Å². The molecule has 0 aliphatic carbocycles. The normalized spacial score (nSPS) is 11.2. The number of anilines is 3. The van der Waals surface area contributed by atoms with E-state index in [0.717, 1.165) is 42.3 Å². The highest BCUT2D eigenvalue weighted by molar-refractivity contribution is 6.35. The summed E-state index contributed by atoms with van der Waals surface area (Å²) in [4.78, 5) is 22.1. The SMILES string of the molecule is CN(C)CCCNc1nc(Nc2cc(Cl)cc(Cl)c2)ncc1-c1cccc(/C=C/C(=O)O)c1. The average Bonchev–Trinajstić information content (AvgIpc) is 2.75. The summed E-state index contributed by atoms with van der Waals surface area (Å²) in [6, 6.07) is 12.7. The zero-order valence-electron chi connectivity index (χ0n) is 18.3. The molecule has 172 valence electrons. The Morgan fingerprint density at radius 3 is 2.61 bits per heavy atom. The Morgan fingerprint density at radius 1 is 1.15 bits per heavy atom. The minimum absolute atomic E-state index is 0.397. The molecule has 1 aromatic heterocycles. The summed E-state index contributed by atoms with van der Waals surface area (Å²) in [6.07, 6.45) is 5.33. The molecule has 7 nitrogen and oxygen atoms in total. The largest absolute Gasteiger partial charge is 0.478 e. The van der Waals surface area contributed by atoms with Crippen LogP contribution in [-0.2, 0) is 4.79 Å². The third-order valence-electron chi connectivity index (χ3n) is 4.60. The van der Waals surface area contributed by atoms with Crippen LogP contribution >= 0.6 is 23.2 Å². The van der Waals surface area contributed by atoms with E-state index in [9.17, 15) is 4.79 Å². The summed E-state index contributed by atoms with van der Waals surface area (Å²) in [5.74, 6) is 0.0661. The molecule has 0 saturated heterocycles. The van der Waals surface area contributed by atoms with E-state index in [-0.39, 0.29) is 0 Å². The van der Waals surface area contributed by atoms with Gasteiger partial charge in [-0.2, -0.15) is 4.98 Å². The van der Waals surface area contributed by atoms with Crippen molar-refractivity contribution in [2.24, 2.45) is 0 Å². The highest BCUT2D eigenvalue weighted by Crippen LogP contribution is 2.29. The van der Waals surface area contributed by atoms with E-state index in [1.165, 1.54) is 0 Å². The third-order valence-corrected chi connectivity index (χ3v) is 5.03. The number of aromatic nitrogens is 2. The predicted molar refractivity (Wildman–Crippen MR) is 136 cm³/mol. The maximum Gasteiger partial charge on any atom is 0.328 e. The lowest BCUT2D eigenvalue weighted by atomic mass is 10.0. The van der Waals surface area contributed by atoms with Gasteiger partial charge in [-0.25, -0.2) is 9.78 Å². The van der Waals surface area contributed by atoms with Gasteiger partial charge in [-0.1, -0.05) is 41.4 Å². The number of carboxylic acid groups (broad SMARTS) is 1. The van der Waals surface area contributed by atoms with Crippen molar-refractivity contribution in [2.75, 3.05) is 37.8 Å². The Bertz CT molecular complexity index is 1130. The molecule has 0 amide bonds. The third kappa shape index (κ3) is 7.75. The zero-order chi connectivity index (χ0) is 23.8. The van der Waals surface area contributed by atoms with Crippen LogP contribution in [0.1, 0.15) is 12.0 Å². The molecule has 0 bridgehead atoms. The summed E-state index contributed by atoms with van der Waals surface area (Å²) in [6.45, 7) is 1.66. The Kier molecular flexibility index (Phi) is 8.65. The van der Waals surface area contributed by atoms with Gasteiger partial charge in [0.2, 0.25) is 5.95 Å². The highest BCUT2D eigenvalue weighted by atomic mass is 35.5. The standard InChI is InChI=1S/C24H25Cl2N5O2/c1-31(2)10-4-9-27-23-21(17-6-3-5-16(11-17)7-8-22(32)33)15-28-24(30-23)29-20-13-18(25)12-19(26)14-20/h3,5-8,11-15H,4,9-10H2,1-2H3,(H,32,33)(H2,27,28,29,30)/b8-7+. The van der Waals surface area contributed by atoms with Crippen molar-refractivity contribution in [3.63, 3.8) is 0 Å². The van der Waals surface area contributed by atoms with Crippen LogP contribution in [0.5, 0.6) is 0 Å². The van der Waals surface area contributed by atoms with Crippen molar-refractivity contribution in [2.45, 2.75) is 6.42 Å². The molecule has 0 aliphatic rings. The first-order valence-electron chi connectivity index (χ1n) is 10.3. The highest BCUT2D eigenvalue weighted by Gasteiger charge is 2.11. The quantitative estimate of drug-likeness (QED) is 0.252. The van der Waals surface area contributed by atoms with Gasteiger partial charge >= 0.3 is 5.97 Å². The molecular formula is C24H25Cl2N5O2. The Labute approximate surface area is 203 Å². The molecule has 3 rings (SSSR count). The molecule has 1 heterocycles. The van der Waals surface area contributed by atoms with Crippen molar-refractivity contribution in [3.05, 3.63) is 70.3 Å². The fourth-order valence-electron chi connectivity index (χ4n) is 3.12. The number of carboxylic acids is 1. The van der Waals surface area contributed by atoms with Gasteiger partial charge in [0.1, 0.15) is 5.82 Å². The minimum Gasteiger partial charge on any atom is -0.478 e. The second-order valence-corrected chi connectivity index (χ2v) is 8.49. The van der Waals surface area contributed by atoms with Crippen LogP contribution in [0.4, 0.5) is 17.5 Å². The number of nitrogens with zero attached hydrogens (tertiary/aromatic N) is 3. The molecule has 9 heteroatoms. The van der Waals surface area contributed by atoms with Crippen LogP contribution in [0.3, 0.4) is 0 Å². The summed E-state index contributed by atoms with van der Waals surface area (Å²) < 4.78 is 0. The van der Waals surface area contributed by atoms with Crippen LogP contribution in [0.25, 0.3) is 17.2 Å². The Balaban J connectivity index is 1.91. The number of hydrogen-bond acceptors (Lipinski definition) is 6. The van der Waals surface area contributed by atoms with Crippen molar-refractivity contribution < 1.29 is 9.90 Å². The van der Waals surface area contributed by atoms with Crippen molar-refractivity contribution in [1.82, 2.24) is 14.9 Å². The van der Waals surface area contributed by atoms with Crippen molar-refractivity contribution >= 4 is 52.7 Å². The number of nitrogens with one attached hydrogen (secondary N) is 2. The lowest BCUT2D eigenvalue weighted by Gasteiger charge is -2.15. The Hall–Kier alpha value is -3.13. The summed E-state index contributed by atoms with van der Waals surface area (Å²) >= 11 is 12.2. The smallest absolute Gasteiger partial charge is 0.328 e. The van der Waals surface area contributed by atoms with Crippen LogP contribution in [-0.4, -0.2) is 53.1 Å². The molecular weight excluding hydrogens is 461 g/mol. The van der Waals surface area contributed by atoms with Crippen LogP contribution in [0, 0.1) is 0 Å². The lowest BCUT2D eigenvalue weighted by Crippen LogP contribution is -2.17. The average molecular weight is 486 g/mol. The van der Waals surface area contributed by atoms with Crippen LogP contribution in [0.2, 0.25) is 10.0 Å². The lowest BCUT2D eigenvalue weighted by molar-refractivity contribution is -0.131. The van der Waals surface area contributed by atoms with E-state index < -0.39 is 5.97 Å². The number of halogens is 2. The second-order valence-electron chi connectivity index (χ2n) is 7.62. The monoisotopic (exact) mass is 485 g/mol. The van der Waals surface area contributed by atoms with E-state index in [1.54, 1.807) is 30.5 Å². The molecule has 2 aromatic carbocycles. The first-order valence-corrected chi connectivity index (χ1v) is 11.1. The van der Waals surface area contributed by atoms with Gasteiger partial charge in [0.05, 0.1) is 0 Å². The van der Waals surface area contributed by atoms with Gasteiger partial charge in [0, 0.05) is 40.1 Å². The summed E-state index contributed by atoms with van der Waals surface area (Å²) in [7, 11) is 4.06. The van der Waals surface area contributed by atoms with Gasteiger partial charge in [-0.05, 0) is 68.5 Å². The number of rotatable bonds is 10. The molecule has 0 spiro atoms. The maximum atomic E-state index is 10.9. The predicted octanol–water partition coefficient (Wildman–Crippen LogP) is 5.66.